The van der Waals surface area contributed by atoms with Gasteiger partial charge in [0.25, 0.3) is 0 Å². The second-order valence-corrected chi connectivity index (χ2v) is 6.30. The molecule has 1 rings (SSSR count). The van der Waals surface area contributed by atoms with Crippen LogP contribution in [-0.2, 0) is 9.59 Å². The number of carbonyl (C=O) groups is 2. The quantitative estimate of drug-likeness (QED) is 0.733. The number of carbonyl (C=O) groups excluding carboxylic acids is 2. The van der Waals surface area contributed by atoms with Crippen molar-refractivity contribution in [3.63, 3.8) is 0 Å². The first kappa shape index (κ1) is 16.5. The smallest absolute Gasteiger partial charge is 0.321 e. The number of likely N-dealkylation sites (tertiary alicyclic amines) is 1. The predicted octanol–water partition coefficient (Wildman–Crippen LogP) is 2.29. The minimum absolute atomic E-state index is 0.206. The lowest BCUT2D eigenvalue weighted by molar-refractivity contribution is -0.215. The van der Waals surface area contributed by atoms with E-state index in [-0.39, 0.29) is 12.0 Å². The highest BCUT2D eigenvalue weighted by Gasteiger charge is 2.68. The van der Waals surface area contributed by atoms with Gasteiger partial charge in [-0.3, -0.25) is 9.59 Å². The Morgan fingerprint density at radius 2 is 1.80 bits per heavy atom. The number of hydrogen-bond acceptors (Lipinski definition) is 3. The van der Waals surface area contributed by atoms with Crippen LogP contribution < -0.4 is 0 Å². The molecule has 0 aliphatic carbocycles. The number of halogens is 3. The van der Waals surface area contributed by atoms with Crippen molar-refractivity contribution in [3.8, 4) is 6.07 Å². The van der Waals surface area contributed by atoms with E-state index in [0.29, 0.717) is 18.2 Å². The van der Waals surface area contributed by atoms with Crippen LogP contribution in [0, 0.1) is 22.7 Å². The van der Waals surface area contributed by atoms with Crippen molar-refractivity contribution in [2.24, 2.45) is 11.3 Å². The zero-order valence-electron chi connectivity index (χ0n) is 11.8. The summed E-state index contributed by atoms with van der Waals surface area (Å²) in [4.78, 5) is 24.3. The highest BCUT2D eigenvalue weighted by molar-refractivity contribution is 6.15. The number of nitriles is 1. The molecule has 4 nitrogen and oxygen atoms in total. The Bertz CT molecular complexity index is 473. The van der Waals surface area contributed by atoms with Gasteiger partial charge in [-0.15, -0.1) is 0 Å². The molecule has 0 N–H and O–H groups in total. The molecule has 1 aliphatic rings. The van der Waals surface area contributed by atoms with Crippen molar-refractivity contribution in [3.05, 3.63) is 0 Å². The fraction of sp³-hybridized carbons (Fsp3) is 0.769. The van der Waals surface area contributed by atoms with Crippen LogP contribution in [0.25, 0.3) is 0 Å². The highest BCUT2D eigenvalue weighted by Crippen LogP contribution is 2.43. The lowest BCUT2D eigenvalue weighted by Gasteiger charge is -2.36. The molecular formula is C13H17F3N2O2. The number of rotatable bonds is 2. The summed E-state index contributed by atoms with van der Waals surface area (Å²) in [5.41, 5.74) is -3.20. The molecular weight excluding hydrogens is 273 g/mol. The first-order chi connectivity index (χ1) is 8.86. The summed E-state index contributed by atoms with van der Waals surface area (Å²) in [6.45, 7) is 5.93. The van der Waals surface area contributed by atoms with E-state index in [2.05, 4.69) is 0 Å². The van der Waals surface area contributed by atoms with E-state index in [9.17, 15) is 22.8 Å². The Morgan fingerprint density at radius 3 is 2.15 bits per heavy atom. The van der Waals surface area contributed by atoms with Crippen molar-refractivity contribution in [1.29, 1.82) is 5.26 Å². The Labute approximate surface area is 115 Å². The van der Waals surface area contributed by atoms with Crippen LogP contribution >= 0.6 is 0 Å². The van der Waals surface area contributed by atoms with Crippen molar-refractivity contribution in [2.75, 3.05) is 6.54 Å². The van der Waals surface area contributed by atoms with Gasteiger partial charge in [0.05, 0.1) is 6.07 Å². The maximum Gasteiger partial charge on any atom is 0.418 e. The number of alkyl halides is 3. The molecule has 0 radical (unpaired) electrons. The van der Waals surface area contributed by atoms with Gasteiger partial charge in [0.2, 0.25) is 5.91 Å². The van der Waals surface area contributed by atoms with Gasteiger partial charge < -0.3 is 4.90 Å². The summed E-state index contributed by atoms with van der Waals surface area (Å²) < 4.78 is 39.7. The summed E-state index contributed by atoms with van der Waals surface area (Å²) >= 11 is 0. The van der Waals surface area contributed by atoms with Crippen LogP contribution in [-0.4, -0.2) is 34.9 Å². The van der Waals surface area contributed by atoms with Crippen LogP contribution in [0.1, 0.15) is 34.1 Å². The van der Waals surface area contributed by atoms with E-state index in [1.165, 1.54) is 6.07 Å². The minimum atomic E-state index is -4.90. The summed E-state index contributed by atoms with van der Waals surface area (Å²) in [6.07, 6.45) is -4.60. The van der Waals surface area contributed by atoms with Crippen LogP contribution in [0.15, 0.2) is 0 Å². The Hall–Kier alpha value is -1.58. The van der Waals surface area contributed by atoms with Gasteiger partial charge in [-0.25, -0.2) is 0 Å². The normalized spacial score (nSPS) is 27.9. The molecule has 7 heteroatoms. The zero-order valence-corrected chi connectivity index (χ0v) is 11.8. The Morgan fingerprint density at radius 1 is 1.30 bits per heavy atom. The predicted molar refractivity (Wildman–Crippen MR) is 64.4 cm³/mol. The lowest BCUT2D eigenvalue weighted by Crippen LogP contribution is -2.58. The van der Waals surface area contributed by atoms with Crippen molar-refractivity contribution < 1.29 is 22.8 Å². The van der Waals surface area contributed by atoms with Crippen LogP contribution in [0.4, 0.5) is 13.2 Å². The number of ketones is 1. The summed E-state index contributed by atoms with van der Waals surface area (Å²) in [5.74, 6) is -4.30. The fourth-order valence-corrected chi connectivity index (χ4v) is 2.09. The second kappa shape index (κ2) is 4.76. The van der Waals surface area contributed by atoms with E-state index in [1.807, 2.05) is 20.8 Å². The van der Waals surface area contributed by atoms with Crippen LogP contribution in [0.2, 0.25) is 0 Å². The van der Waals surface area contributed by atoms with Crippen molar-refractivity contribution in [1.82, 2.24) is 4.90 Å². The van der Waals surface area contributed by atoms with Gasteiger partial charge in [-0.1, -0.05) is 20.8 Å². The second-order valence-electron chi connectivity index (χ2n) is 6.30. The molecule has 0 aromatic rings. The van der Waals surface area contributed by atoms with Crippen molar-refractivity contribution in [2.45, 2.75) is 45.8 Å². The SMILES string of the molecule is CC(C)(C)CCN1C(=O)C(C#N)C(=O)C1(C)C(F)(F)F. The van der Waals surface area contributed by atoms with Crippen LogP contribution in [0.3, 0.4) is 0 Å². The third kappa shape index (κ3) is 2.51. The van der Waals surface area contributed by atoms with E-state index < -0.39 is 29.3 Å². The Kier molecular flexibility index (Phi) is 3.92. The number of amides is 1. The molecule has 112 valence electrons. The number of Topliss-reactive ketones (excluding diaryl/α,β-unsaturated/α-hetero) is 1. The molecule has 1 saturated heterocycles. The molecule has 0 saturated carbocycles. The monoisotopic (exact) mass is 290 g/mol. The molecule has 1 fully saturated rings. The molecule has 0 aromatic heterocycles. The molecule has 2 unspecified atom stereocenters. The molecule has 0 bridgehead atoms. The number of nitrogens with zero attached hydrogens (tertiary/aromatic N) is 2. The van der Waals surface area contributed by atoms with Gasteiger partial charge in [-0.05, 0) is 18.8 Å². The summed E-state index contributed by atoms with van der Waals surface area (Å²) in [6, 6.07) is 1.38. The van der Waals surface area contributed by atoms with E-state index in [0.717, 1.165) is 0 Å². The van der Waals surface area contributed by atoms with Gasteiger partial charge in [-0.2, -0.15) is 18.4 Å². The summed E-state index contributed by atoms with van der Waals surface area (Å²) in [5, 5.41) is 8.76. The topological polar surface area (TPSA) is 61.2 Å². The third-order valence-electron chi connectivity index (χ3n) is 3.56. The maximum atomic E-state index is 13.2. The van der Waals surface area contributed by atoms with Crippen LogP contribution in [0.5, 0.6) is 0 Å². The molecule has 0 aromatic carbocycles. The molecule has 20 heavy (non-hydrogen) atoms. The zero-order chi connectivity index (χ0) is 15.9. The van der Waals surface area contributed by atoms with E-state index >= 15 is 0 Å². The largest absolute Gasteiger partial charge is 0.418 e. The minimum Gasteiger partial charge on any atom is -0.321 e. The van der Waals surface area contributed by atoms with Gasteiger partial charge >= 0.3 is 6.18 Å². The molecule has 0 spiro atoms. The maximum absolute atomic E-state index is 13.2. The number of hydrogen-bond donors (Lipinski definition) is 0. The molecule has 1 heterocycles. The van der Waals surface area contributed by atoms with E-state index in [4.69, 9.17) is 5.26 Å². The van der Waals surface area contributed by atoms with Crippen molar-refractivity contribution >= 4 is 11.7 Å². The fourth-order valence-electron chi connectivity index (χ4n) is 2.09. The lowest BCUT2D eigenvalue weighted by atomic mass is 9.89. The van der Waals surface area contributed by atoms with Gasteiger partial charge in [0.15, 0.2) is 17.2 Å². The van der Waals surface area contributed by atoms with E-state index in [1.54, 1.807) is 0 Å². The Balaban J connectivity index is 3.20. The highest BCUT2D eigenvalue weighted by atomic mass is 19.4. The average Bonchev–Trinajstić information content (AvgIpc) is 2.44. The van der Waals surface area contributed by atoms with Gasteiger partial charge in [0.1, 0.15) is 0 Å². The average molecular weight is 290 g/mol. The molecule has 1 amide bonds. The molecule has 1 aliphatic heterocycles. The third-order valence-corrected chi connectivity index (χ3v) is 3.56. The summed E-state index contributed by atoms with van der Waals surface area (Å²) in [7, 11) is 0. The van der Waals surface area contributed by atoms with Gasteiger partial charge in [0, 0.05) is 6.54 Å². The first-order valence-electron chi connectivity index (χ1n) is 6.18. The standard InChI is InChI=1S/C13H17F3N2O2/c1-11(2,3)5-6-18-10(20)8(7-17)9(19)12(18,4)13(14,15)16/h8H,5-6H2,1-4H3. The molecule has 2 atom stereocenters. The first-order valence-corrected chi connectivity index (χ1v) is 6.18.